The molecule has 2 aromatic heterocycles. The van der Waals surface area contributed by atoms with Gasteiger partial charge in [-0.25, -0.2) is 18.4 Å². The highest BCUT2D eigenvalue weighted by molar-refractivity contribution is 8.00. The lowest BCUT2D eigenvalue weighted by Crippen LogP contribution is -2.35. The Labute approximate surface area is 170 Å². The molecular weight excluding hydrogens is 414 g/mol. The number of hydrogen-bond acceptors (Lipinski definition) is 7. The van der Waals surface area contributed by atoms with Crippen molar-refractivity contribution in [1.82, 2.24) is 9.97 Å². The second kappa shape index (κ2) is 6.61. The van der Waals surface area contributed by atoms with E-state index in [1.54, 1.807) is 36.2 Å². The highest BCUT2D eigenvalue weighted by Crippen LogP contribution is 2.40. The number of nitrogens with zero attached hydrogens (tertiary/aromatic N) is 3. The fourth-order valence-electron chi connectivity index (χ4n) is 3.26. The number of rotatable bonds is 3. The maximum Gasteiger partial charge on any atom is 0.264 e. The molecule has 1 aliphatic heterocycles. The monoisotopic (exact) mass is 429 g/mol. The average molecular weight is 430 g/mol. The third-order valence-corrected chi connectivity index (χ3v) is 8.34. The number of fused-ring (bicyclic) bond motifs is 2. The van der Waals surface area contributed by atoms with E-state index in [-0.39, 0.29) is 4.90 Å². The Balaban J connectivity index is 1.61. The van der Waals surface area contributed by atoms with Gasteiger partial charge in [0, 0.05) is 22.8 Å². The van der Waals surface area contributed by atoms with E-state index in [0.29, 0.717) is 23.7 Å². The molecule has 0 radical (unpaired) electrons. The number of anilines is 1. The molecule has 142 valence electrons. The SMILES string of the molecule is Cc1nc2ccc(S(=O)(=O)N3CCSc4ccc(-c5cnco5)cc43)cc2s1. The van der Waals surface area contributed by atoms with Crippen molar-refractivity contribution in [2.24, 2.45) is 0 Å². The van der Waals surface area contributed by atoms with Crippen LogP contribution in [-0.4, -0.2) is 30.7 Å². The summed E-state index contributed by atoms with van der Waals surface area (Å²) in [6.07, 6.45) is 2.99. The van der Waals surface area contributed by atoms with Gasteiger partial charge in [0.2, 0.25) is 0 Å². The minimum absolute atomic E-state index is 0.284. The van der Waals surface area contributed by atoms with Crippen LogP contribution >= 0.6 is 23.1 Å². The van der Waals surface area contributed by atoms with Crippen LogP contribution < -0.4 is 4.31 Å². The smallest absolute Gasteiger partial charge is 0.264 e. The van der Waals surface area contributed by atoms with Crippen LogP contribution in [0.3, 0.4) is 0 Å². The Kier molecular flexibility index (Phi) is 4.18. The van der Waals surface area contributed by atoms with Crippen molar-refractivity contribution < 1.29 is 12.8 Å². The van der Waals surface area contributed by atoms with Crippen LogP contribution in [0.2, 0.25) is 0 Å². The molecule has 1 aliphatic rings. The normalized spacial score (nSPS) is 14.4. The molecule has 0 atom stereocenters. The number of aryl methyl sites for hydroxylation is 1. The molecule has 0 saturated carbocycles. The van der Waals surface area contributed by atoms with Crippen LogP contribution in [0, 0.1) is 6.92 Å². The Hall–Kier alpha value is -2.36. The lowest BCUT2D eigenvalue weighted by atomic mass is 10.1. The Bertz CT molecular complexity index is 1280. The van der Waals surface area contributed by atoms with Gasteiger partial charge < -0.3 is 4.42 Å². The zero-order valence-corrected chi connectivity index (χ0v) is 17.3. The summed E-state index contributed by atoms with van der Waals surface area (Å²) in [7, 11) is -3.69. The second-order valence-corrected chi connectivity index (χ2v) is 10.6. The first-order valence-electron chi connectivity index (χ1n) is 8.58. The topological polar surface area (TPSA) is 76.3 Å². The molecule has 4 aromatic rings. The van der Waals surface area contributed by atoms with E-state index in [1.165, 1.54) is 22.0 Å². The molecular formula is C19H15N3O3S3. The van der Waals surface area contributed by atoms with Crippen LogP contribution in [0.5, 0.6) is 0 Å². The lowest BCUT2D eigenvalue weighted by molar-refractivity contribution is 0.571. The third-order valence-electron chi connectivity index (χ3n) is 4.55. The first kappa shape index (κ1) is 17.7. The molecule has 0 unspecified atom stereocenters. The molecule has 0 saturated heterocycles. The zero-order valence-electron chi connectivity index (χ0n) is 14.8. The molecule has 28 heavy (non-hydrogen) atoms. The van der Waals surface area contributed by atoms with Gasteiger partial charge in [0.1, 0.15) is 0 Å². The first-order valence-corrected chi connectivity index (χ1v) is 11.8. The molecule has 0 N–H and O–H groups in total. The quantitative estimate of drug-likeness (QED) is 0.475. The van der Waals surface area contributed by atoms with Crippen LogP contribution in [0.4, 0.5) is 5.69 Å². The Morgan fingerprint density at radius 3 is 2.89 bits per heavy atom. The number of oxazole rings is 1. The van der Waals surface area contributed by atoms with E-state index in [0.717, 1.165) is 25.7 Å². The van der Waals surface area contributed by atoms with Gasteiger partial charge in [0.05, 0.1) is 32.0 Å². The Morgan fingerprint density at radius 2 is 2.07 bits per heavy atom. The molecule has 5 rings (SSSR count). The van der Waals surface area contributed by atoms with Crippen LogP contribution in [0.1, 0.15) is 5.01 Å². The largest absolute Gasteiger partial charge is 0.444 e. The lowest BCUT2D eigenvalue weighted by Gasteiger charge is -2.30. The predicted octanol–water partition coefficient (Wildman–Crippen LogP) is 4.56. The van der Waals surface area contributed by atoms with Gasteiger partial charge in [0.15, 0.2) is 12.2 Å². The summed E-state index contributed by atoms with van der Waals surface area (Å²) in [5.41, 5.74) is 2.29. The zero-order chi connectivity index (χ0) is 19.3. The van der Waals surface area contributed by atoms with E-state index in [9.17, 15) is 8.42 Å². The van der Waals surface area contributed by atoms with Crippen molar-refractivity contribution in [2.45, 2.75) is 16.7 Å². The summed E-state index contributed by atoms with van der Waals surface area (Å²) in [6.45, 7) is 2.33. The molecule has 0 aliphatic carbocycles. The average Bonchev–Trinajstić information content (AvgIpc) is 3.35. The van der Waals surface area contributed by atoms with Crippen molar-refractivity contribution in [1.29, 1.82) is 0 Å². The van der Waals surface area contributed by atoms with Gasteiger partial charge in [0.25, 0.3) is 10.0 Å². The van der Waals surface area contributed by atoms with Crippen molar-refractivity contribution in [3.63, 3.8) is 0 Å². The Morgan fingerprint density at radius 1 is 1.18 bits per heavy atom. The number of thioether (sulfide) groups is 1. The molecule has 0 amide bonds. The van der Waals surface area contributed by atoms with E-state index in [1.807, 2.05) is 25.1 Å². The first-order chi connectivity index (χ1) is 13.5. The molecule has 2 aromatic carbocycles. The van der Waals surface area contributed by atoms with E-state index < -0.39 is 10.0 Å². The molecule has 3 heterocycles. The minimum Gasteiger partial charge on any atom is -0.444 e. The number of benzene rings is 2. The fourth-order valence-corrected chi connectivity index (χ4v) is 6.85. The molecule has 0 spiro atoms. The van der Waals surface area contributed by atoms with Crippen molar-refractivity contribution in [3.05, 3.63) is 54.0 Å². The standard InChI is InChI=1S/C19H15N3O3S3/c1-12-21-15-4-3-14(9-19(15)27-12)28(23,24)22-6-7-26-18-5-2-13(8-16(18)22)17-10-20-11-25-17/h2-5,8-11H,6-7H2,1H3. The second-order valence-electron chi connectivity index (χ2n) is 6.34. The van der Waals surface area contributed by atoms with Gasteiger partial charge in [-0.05, 0) is 43.3 Å². The van der Waals surface area contributed by atoms with Crippen LogP contribution in [0.25, 0.3) is 21.5 Å². The van der Waals surface area contributed by atoms with Crippen LogP contribution in [-0.2, 0) is 10.0 Å². The fraction of sp³-hybridized carbons (Fsp3) is 0.158. The predicted molar refractivity (Wildman–Crippen MR) is 112 cm³/mol. The van der Waals surface area contributed by atoms with Gasteiger partial charge in [-0.3, -0.25) is 4.31 Å². The molecule has 0 fully saturated rings. The highest BCUT2D eigenvalue weighted by Gasteiger charge is 2.30. The summed E-state index contributed by atoms with van der Waals surface area (Å²) in [6, 6.07) is 10.9. The van der Waals surface area contributed by atoms with E-state index in [2.05, 4.69) is 9.97 Å². The van der Waals surface area contributed by atoms with Gasteiger partial charge in [-0.1, -0.05) is 0 Å². The number of sulfonamides is 1. The van der Waals surface area contributed by atoms with Gasteiger partial charge >= 0.3 is 0 Å². The maximum atomic E-state index is 13.5. The van der Waals surface area contributed by atoms with Crippen molar-refractivity contribution in [3.8, 4) is 11.3 Å². The van der Waals surface area contributed by atoms with Crippen LogP contribution in [0.15, 0.2) is 63.2 Å². The van der Waals surface area contributed by atoms with E-state index in [4.69, 9.17) is 4.42 Å². The van der Waals surface area contributed by atoms with Gasteiger partial charge in [-0.15, -0.1) is 23.1 Å². The highest BCUT2D eigenvalue weighted by atomic mass is 32.2. The minimum atomic E-state index is -3.69. The summed E-state index contributed by atoms with van der Waals surface area (Å²) in [5, 5.41) is 0.918. The number of thiazole rings is 1. The van der Waals surface area contributed by atoms with E-state index >= 15 is 0 Å². The van der Waals surface area contributed by atoms with Crippen molar-refractivity contribution >= 4 is 49.0 Å². The third kappa shape index (κ3) is 2.90. The molecule has 6 nitrogen and oxygen atoms in total. The summed E-state index contributed by atoms with van der Waals surface area (Å²) in [5.74, 6) is 1.31. The van der Waals surface area contributed by atoms with Crippen molar-refractivity contribution in [2.75, 3.05) is 16.6 Å². The molecule has 9 heteroatoms. The number of hydrogen-bond donors (Lipinski definition) is 0. The summed E-state index contributed by atoms with van der Waals surface area (Å²) >= 11 is 3.15. The van der Waals surface area contributed by atoms with Gasteiger partial charge in [-0.2, -0.15) is 0 Å². The summed E-state index contributed by atoms with van der Waals surface area (Å²) in [4.78, 5) is 9.59. The maximum absolute atomic E-state index is 13.5. The molecule has 0 bridgehead atoms. The summed E-state index contributed by atoms with van der Waals surface area (Å²) < 4.78 is 34.7. The number of aromatic nitrogens is 2.